The lowest BCUT2D eigenvalue weighted by Gasteiger charge is -2.16. The minimum absolute atomic E-state index is 0.396. The van der Waals surface area contributed by atoms with Crippen molar-refractivity contribution in [2.75, 3.05) is 19.5 Å². The third-order valence-electron chi connectivity index (χ3n) is 3.54. The molecule has 1 aromatic heterocycles. The van der Waals surface area contributed by atoms with Crippen molar-refractivity contribution < 1.29 is 4.74 Å². The standard InChI is InChI=1S/C17H23N3O/c1-11(2)16-12(3)19-15(20-17(16)18-4)10-13-8-6-7-9-14(13)21-5/h6-9,11H,10H2,1-5H3,(H,18,19,20). The van der Waals surface area contributed by atoms with E-state index in [2.05, 4.69) is 29.1 Å². The summed E-state index contributed by atoms with van der Waals surface area (Å²) in [5, 5.41) is 3.19. The molecule has 0 amide bonds. The summed E-state index contributed by atoms with van der Waals surface area (Å²) in [4.78, 5) is 9.33. The molecular formula is C17H23N3O. The van der Waals surface area contributed by atoms with Gasteiger partial charge in [-0.2, -0.15) is 0 Å². The fourth-order valence-electron chi connectivity index (χ4n) is 2.62. The van der Waals surface area contributed by atoms with Crippen LogP contribution in [0, 0.1) is 6.92 Å². The van der Waals surface area contributed by atoms with E-state index in [1.54, 1.807) is 7.11 Å². The van der Waals surface area contributed by atoms with Crippen LogP contribution in [-0.4, -0.2) is 24.1 Å². The van der Waals surface area contributed by atoms with Gasteiger partial charge < -0.3 is 10.1 Å². The van der Waals surface area contributed by atoms with Crippen LogP contribution in [0.2, 0.25) is 0 Å². The summed E-state index contributed by atoms with van der Waals surface area (Å²) in [5.41, 5.74) is 3.31. The van der Waals surface area contributed by atoms with E-state index in [1.807, 2.05) is 38.2 Å². The van der Waals surface area contributed by atoms with Gasteiger partial charge in [0, 0.05) is 30.3 Å². The van der Waals surface area contributed by atoms with Crippen LogP contribution in [0.25, 0.3) is 0 Å². The van der Waals surface area contributed by atoms with Crippen molar-refractivity contribution in [2.45, 2.75) is 33.1 Å². The van der Waals surface area contributed by atoms with Gasteiger partial charge in [-0.15, -0.1) is 0 Å². The smallest absolute Gasteiger partial charge is 0.135 e. The molecule has 4 nitrogen and oxygen atoms in total. The number of methoxy groups -OCH3 is 1. The Labute approximate surface area is 126 Å². The molecule has 0 saturated heterocycles. The molecule has 2 aromatic rings. The number of hydrogen-bond donors (Lipinski definition) is 1. The van der Waals surface area contributed by atoms with Gasteiger partial charge in [-0.25, -0.2) is 9.97 Å². The average molecular weight is 285 g/mol. The first-order chi connectivity index (χ1) is 10.1. The van der Waals surface area contributed by atoms with E-state index in [4.69, 9.17) is 4.74 Å². The van der Waals surface area contributed by atoms with Gasteiger partial charge in [0.2, 0.25) is 0 Å². The maximum atomic E-state index is 5.40. The van der Waals surface area contributed by atoms with Gasteiger partial charge in [-0.05, 0) is 18.9 Å². The van der Waals surface area contributed by atoms with Crippen LogP contribution in [-0.2, 0) is 6.42 Å². The van der Waals surface area contributed by atoms with Crippen LogP contribution in [0.3, 0.4) is 0 Å². The maximum absolute atomic E-state index is 5.40. The SMILES string of the molecule is CNc1nc(Cc2ccccc2OC)nc(C)c1C(C)C. The Hall–Kier alpha value is -2.10. The molecule has 0 unspecified atom stereocenters. The predicted octanol–water partition coefficient (Wildman–Crippen LogP) is 3.55. The summed E-state index contributed by atoms with van der Waals surface area (Å²) in [7, 11) is 3.59. The molecule has 0 aliphatic carbocycles. The normalized spacial score (nSPS) is 10.8. The van der Waals surface area contributed by atoms with Crippen molar-refractivity contribution in [3.8, 4) is 5.75 Å². The zero-order valence-electron chi connectivity index (χ0n) is 13.4. The van der Waals surface area contributed by atoms with Gasteiger partial charge in [0.05, 0.1) is 7.11 Å². The maximum Gasteiger partial charge on any atom is 0.135 e. The number of hydrogen-bond acceptors (Lipinski definition) is 4. The highest BCUT2D eigenvalue weighted by Gasteiger charge is 2.14. The largest absolute Gasteiger partial charge is 0.496 e. The van der Waals surface area contributed by atoms with Crippen molar-refractivity contribution >= 4 is 5.82 Å². The van der Waals surface area contributed by atoms with E-state index in [1.165, 1.54) is 5.56 Å². The van der Waals surface area contributed by atoms with E-state index in [0.717, 1.165) is 28.6 Å². The van der Waals surface area contributed by atoms with Crippen LogP contribution in [0.5, 0.6) is 5.75 Å². The molecule has 1 N–H and O–H groups in total. The summed E-state index contributed by atoms with van der Waals surface area (Å²) < 4.78 is 5.40. The van der Waals surface area contributed by atoms with Gasteiger partial charge >= 0.3 is 0 Å². The van der Waals surface area contributed by atoms with Gasteiger partial charge in [0.1, 0.15) is 17.4 Å². The zero-order chi connectivity index (χ0) is 15.4. The summed E-state index contributed by atoms with van der Waals surface area (Å²) >= 11 is 0. The Balaban J connectivity index is 2.39. The molecule has 21 heavy (non-hydrogen) atoms. The number of ether oxygens (including phenoxy) is 1. The number of para-hydroxylation sites is 1. The molecule has 0 radical (unpaired) electrons. The van der Waals surface area contributed by atoms with Gasteiger partial charge in [-0.1, -0.05) is 32.0 Å². The van der Waals surface area contributed by atoms with Crippen molar-refractivity contribution in [2.24, 2.45) is 0 Å². The Morgan fingerprint density at radius 1 is 1.19 bits per heavy atom. The van der Waals surface area contributed by atoms with E-state index in [9.17, 15) is 0 Å². The fraction of sp³-hybridized carbons (Fsp3) is 0.412. The van der Waals surface area contributed by atoms with Crippen LogP contribution in [0.15, 0.2) is 24.3 Å². The number of aromatic nitrogens is 2. The Kier molecular flexibility index (Phi) is 4.78. The molecule has 112 valence electrons. The molecule has 0 atom stereocenters. The quantitative estimate of drug-likeness (QED) is 0.912. The molecule has 0 saturated carbocycles. The third-order valence-corrected chi connectivity index (χ3v) is 3.54. The number of benzene rings is 1. The molecule has 4 heteroatoms. The molecule has 2 rings (SSSR count). The molecule has 0 fully saturated rings. The van der Waals surface area contributed by atoms with Crippen LogP contribution < -0.4 is 10.1 Å². The number of nitrogens with zero attached hydrogens (tertiary/aromatic N) is 2. The van der Waals surface area contributed by atoms with Crippen molar-refractivity contribution in [1.82, 2.24) is 9.97 Å². The monoisotopic (exact) mass is 285 g/mol. The fourth-order valence-corrected chi connectivity index (χ4v) is 2.62. The Morgan fingerprint density at radius 3 is 2.52 bits per heavy atom. The van der Waals surface area contributed by atoms with Crippen molar-refractivity contribution in [3.63, 3.8) is 0 Å². The highest BCUT2D eigenvalue weighted by atomic mass is 16.5. The number of nitrogens with one attached hydrogen (secondary N) is 1. The average Bonchev–Trinajstić information content (AvgIpc) is 2.46. The van der Waals surface area contributed by atoms with Crippen LogP contribution in [0.1, 0.15) is 42.4 Å². The molecule has 0 bridgehead atoms. The zero-order valence-corrected chi connectivity index (χ0v) is 13.4. The lowest BCUT2D eigenvalue weighted by atomic mass is 10.0. The first kappa shape index (κ1) is 15.3. The lowest BCUT2D eigenvalue weighted by molar-refractivity contribution is 0.410. The molecule has 0 spiro atoms. The number of aryl methyl sites for hydroxylation is 1. The predicted molar refractivity (Wildman–Crippen MR) is 86.2 cm³/mol. The summed E-state index contributed by atoms with van der Waals surface area (Å²) in [6.07, 6.45) is 0.665. The third kappa shape index (κ3) is 3.32. The molecule has 1 heterocycles. The topological polar surface area (TPSA) is 47.0 Å². The van der Waals surface area contributed by atoms with Gasteiger partial charge in [0.15, 0.2) is 0 Å². The summed E-state index contributed by atoms with van der Waals surface area (Å²) in [6, 6.07) is 7.98. The molecule has 0 aliphatic rings. The van der Waals surface area contributed by atoms with Crippen LogP contribution >= 0.6 is 0 Å². The minimum atomic E-state index is 0.396. The number of anilines is 1. The van der Waals surface area contributed by atoms with Crippen LogP contribution in [0.4, 0.5) is 5.82 Å². The minimum Gasteiger partial charge on any atom is -0.496 e. The first-order valence-corrected chi connectivity index (χ1v) is 7.23. The molecule has 0 aliphatic heterocycles. The summed E-state index contributed by atoms with van der Waals surface area (Å²) in [6.45, 7) is 6.36. The highest BCUT2D eigenvalue weighted by molar-refractivity contribution is 5.48. The van der Waals surface area contributed by atoms with Gasteiger partial charge in [-0.3, -0.25) is 0 Å². The summed E-state index contributed by atoms with van der Waals surface area (Å²) in [5.74, 6) is 3.00. The Morgan fingerprint density at radius 2 is 1.90 bits per heavy atom. The van der Waals surface area contributed by atoms with E-state index >= 15 is 0 Å². The molecule has 1 aromatic carbocycles. The second-order valence-electron chi connectivity index (χ2n) is 5.38. The first-order valence-electron chi connectivity index (χ1n) is 7.23. The molecular weight excluding hydrogens is 262 g/mol. The van der Waals surface area contributed by atoms with Crippen molar-refractivity contribution in [1.29, 1.82) is 0 Å². The second kappa shape index (κ2) is 6.57. The van der Waals surface area contributed by atoms with E-state index in [-0.39, 0.29) is 0 Å². The second-order valence-corrected chi connectivity index (χ2v) is 5.38. The highest BCUT2D eigenvalue weighted by Crippen LogP contribution is 2.26. The van der Waals surface area contributed by atoms with E-state index < -0.39 is 0 Å². The Bertz CT molecular complexity index is 623. The van der Waals surface area contributed by atoms with Gasteiger partial charge in [0.25, 0.3) is 0 Å². The number of rotatable bonds is 5. The van der Waals surface area contributed by atoms with Crippen molar-refractivity contribution in [3.05, 3.63) is 46.9 Å². The van der Waals surface area contributed by atoms with E-state index in [0.29, 0.717) is 12.3 Å². The lowest BCUT2D eigenvalue weighted by Crippen LogP contribution is -2.09.